The third-order valence-corrected chi connectivity index (χ3v) is 7.81. The molecule has 1 aliphatic heterocycles. The zero-order chi connectivity index (χ0) is 28.3. The van der Waals surface area contributed by atoms with E-state index in [9.17, 15) is 22.8 Å². The van der Waals surface area contributed by atoms with Crippen molar-refractivity contribution in [2.24, 2.45) is 0 Å². The fourth-order valence-corrected chi connectivity index (χ4v) is 5.70. The van der Waals surface area contributed by atoms with Crippen LogP contribution in [0.5, 0.6) is 0 Å². The largest absolute Gasteiger partial charge is 0.354 e. The van der Waals surface area contributed by atoms with E-state index in [0.29, 0.717) is 22.7 Å². The molecule has 1 saturated heterocycles. The van der Waals surface area contributed by atoms with Gasteiger partial charge in [-0.2, -0.15) is 0 Å². The first-order chi connectivity index (χ1) is 19.2. The van der Waals surface area contributed by atoms with Crippen LogP contribution in [0.15, 0.2) is 67.0 Å². The molecule has 0 radical (unpaired) electrons. The third kappa shape index (κ3) is 6.22. The highest BCUT2D eigenvalue weighted by Gasteiger charge is 2.40. The number of amides is 2. The van der Waals surface area contributed by atoms with Crippen LogP contribution in [-0.2, 0) is 9.59 Å². The lowest BCUT2D eigenvalue weighted by atomic mass is 9.91. The molecule has 2 aliphatic rings. The van der Waals surface area contributed by atoms with E-state index < -0.39 is 35.8 Å². The standard InChI is InChI=1S/C29H29ClF3N5O2/c30-24-8-2-1-7-23(24)26(27(40)36-20-11-13-29(32,33)14-12-20)37(21-6-3-5-19(31)17-21)18-22-9-10-25(39)38(22)28-34-15-4-16-35-28/h1-8,15-17,20,22,26H,9-14,18H2,(H,36,40)/t22?,26-/m0/s1. The van der Waals surface area contributed by atoms with Crippen LogP contribution in [0.25, 0.3) is 0 Å². The summed E-state index contributed by atoms with van der Waals surface area (Å²) in [5.41, 5.74) is 0.877. The van der Waals surface area contributed by atoms with E-state index in [4.69, 9.17) is 11.6 Å². The van der Waals surface area contributed by atoms with Gasteiger partial charge in [0, 0.05) is 60.5 Å². The van der Waals surface area contributed by atoms with Crippen molar-refractivity contribution in [1.82, 2.24) is 15.3 Å². The number of rotatable bonds is 8. The number of aromatic nitrogens is 2. The molecule has 7 nitrogen and oxygen atoms in total. The second-order valence-electron chi connectivity index (χ2n) is 10.2. The second kappa shape index (κ2) is 11.8. The molecule has 2 atom stereocenters. The summed E-state index contributed by atoms with van der Waals surface area (Å²) in [4.78, 5) is 38.7. The Morgan fingerprint density at radius 1 is 1.07 bits per heavy atom. The summed E-state index contributed by atoms with van der Waals surface area (Å²) >= 11 is 6.61. The molecule has 2 heterocycles. The third-order valence-electron chi connectivity index (χ3n) is 7.46. The average Bonchev–Trinajstić information content (AvgIpc) is 3.30. The maximum atomic E-state index is 14.5. The van der Waals surface area contributed by atoms with Gasteiger partial charge in [-0.3, -0.25) is 14.5 Å². The van der Waals surface area contributed by atoms with Gasteiger partial charge in [-0.1, -0.05) is 35.9 Å². The van der Waals surface area contributed by atoms with E-state index in [0.717, 1.165) is 0 Å². The summed E-state index contributed by atoms with van der Waals surface area (Å²) in [5.74, 6) is -3.59. The molecule has 210 valence electrons. The maximum absolute atomic E-state index is 14.5. The Morgan fingerprint density at radius 2 is 1.80 bits per heavy atom. The molecule has 1 aliphatic carbocycles. The Hall–Kier alpha value is -3.66. The molecule has 0 bridgehead atoms. The molecular formula is C29H29ClF3N5O2. The number of nitrogens with zero attached hydrogens (tertiary/aromatic N) is 4. The summed E-state index contributed by atoms with van der Waals surface area (Å²) in [6.45, 7) is 0.138. The first kappa shape index (κ1) is 27.9. The van der Waals surface area contributed by atoms with Crippen LogP contribution in [0.1, 0.15) is 50.1 Å². The quantitative estimate of drug-likeness (QED) is 0.375. The monoisotopic (exact) mass is 571 g/mol. The molecule has 1 saturated carbocycles. The first-order valence-corrected chi connectivity index (χ1v) is 13.6. The van der Waals surface area contributed by atoms with Crippen molar-refractivity contribution in [3.63, 3.8) is 0 Å². The van der Waals surface area contributed by atoms with Crippen LogP contribution in [0.4, 0.5) is 24.8 Å². The predicted molar refractivity (Wildman–Crippen MR) is 146 cm³/mol. The van der Waals surface area contributed by atoms with Crippen LogP contribution >= 0.6 is 11.6 Å². The molecule has 2 fully saturated rings. The van der Waals surface area contributed by atoms with E-state index in [1.54, 1.807) is 59.8 Å². The smallest absolute Gasteiger partial charge is 0.248 e. The Labute approximate surface area is 235 Å². The Bertz CT molecular complexity index is 1350. The molecule has 11 heteroatoms. The van der Waals surface area contributed by atoms with Crippen molar-refractivity contribution >= 4 is 35.1 Å². The highest BCUT2D eigenvalue weighted by molar-refractivity contribution is 6.31. The van der Waals surface area contributed by atoms with Gasteiger partial charge in [0.2, 0.25) is 23.7 Å². The lowest BCUT2D eigenvalue weighted by Gasteiger charge is -2.38. The zero-order valence-corrected chi connectivity index (χ0v) is 22.4. The number of carbonyl (C=O) groups is 2. The Morgan fingerprint density at radius 3 is 2.50 bits per heavy atom. The molecule has 1 aromatic heterocycles. The van der Waals surface area contributed by atoms with Crippen molar-refractivity contribution in [2.75, 3.05) is 16.3 Å². The number of nitrogens with one attached hydrogen (secondary N) is 1. The van der Waals surface area contributed by atoms with E-state index in [1.807, 2.05) is 0 Å². The predicted octanol–water partition coefficient (Wildman–Crippen LogP) is 5.71. The number of carbonyl (C=O) groups excluding carboxylic acids is 2. The number of hydrogen-bond acceptors (Lipinski definition) is 5. The molecule has 1 unspecified atom stereocenters. The minimum atomic E-state index is -2.74. The van der Waals surface area contributed by atoms with Gasteiger partial charge in [0.15, 0.2) is 0 Å². The summed E-state index contributed by atoms with van der Waals surface area (Å²) < 4.78 is 42.1. The molecule has 1 N–H and O–H groups in total. The first-order valence-electron chi connectivity index (χ1n) is 13.3. The Kier molecular flexibility index (Phi) is 8.25. The molecule has 0 spiro atoms. The van der Waals surface area contributed by atoms with E-state index >= 15 is 0 Å². The topological polar surface area (TPSA) is 78.4 Å². The number of anilines is 2. The van der Waals surface area contributed by atoms with E-state index in [1.165, 1.54) is 17.0 Å². The van der Waals surface area contributed by atoms with Crippen LogP contribution < -0.4 is 15.1 Å². The number of benzene rings is 2. The lowest BCUT2D eigenvalue weighted by molar-refractivity contribution is -0.124. The van der Waals surface area contributed by atoms with Gasteiger partial charge in [0.25, 0.3) is 0 Å². The summed E-state index contributed by atoms with van der Waals surface area (Å²) in [6, 6.07) is 12.5. The lowest BCUT2D eigenvalue weighted by Crippen LogP contribution is -2.50. The van der Waals surface area contributed by atoms with Gasteiger partial charge in [0.1, 0.15) is 11.9 Å². The molecule has 2 aromatic carbocycles. The summed E-state index contributed by atoms with van der Waals surface area (Å²) in [6.07, 6.45) is 3.49. The van der Waals surface area contributed by atoms with Gasteiger partial charge in [0.05, 0.1) is 6.04 Å². The SMILES string of the molecule is O=C(NC1CCC(F)(F)CC1)[C@H](c1ccccc1Cl)N(CC1CCC(=O)N1c1ncccn1)c1cccc(F)c1. The average molecular weight is 572 g/mol. The molecule has 2 amide bonds. The molecule has 5 rings (SSSR count). The minimum Gasteiger partial charge on any atom is -0.354 e. The molecule has 40 heavy (non-hydrogen) atoms. The van der Waals surface area contributed by atoms with Gasteiger partial charge >= 0.3 is 0 Å². The van der Waals surface area contributed by atoms with Crippen molar-refractivity contribution in [3.05, 3.63) is 83.4 Å². The maximum Gasteiger partial charge on any atom is 0.248 e. The van der Waals surface area contributed by atoms with E-state index in [-0.39, 0.29) is 50.5 Å². The summed E-state index contributed by atoms with van der Waals surface area (Å²) in [7, 11) is 0. The zero-order valence-electron chi connectivity index (χ0n) is 21.6. The normalized spacial score (nSPS) is 19.9. The van der Waals surface area contributed by atoms with Crippen LogP contribution in [0.3, 0.4) is 0 Å². The van der Waals surface area contributed by atoms with Gasteiger partial charge < -0.3 is 10.2 Å². The number of alkyl halides is 2. The van der Waals surface area contributed by atoms with Gasteiger partial charge in [-0.25, -0.2) is 23.1 Å². The fraction of sp³-hybridized carbons (Fsp3) is 0.379. The van der Waals surface area contributed by atoms with E-state index in [2.05, 4.69) is 15.3 Å². The number of halogens is 4. The van der Waals surface area contributed by atoms with Gasteiger partial charge in [-0.05, 0) is 49.6 Å². The van der Waals surface area contributed by atoms with Crippen LogP contribution in [-0.4, -0.2) is 46.3 Å². The molecular weight excluding hydrogens is 543 g/mol. The van der Waals surface area contributed by atoms with Crippen LogP contribution in [0, 0.1) is 5.82 Å². The van der Waals surface area contributed by atoms with Gasteiger partial charge in [-0.15, -0.1) is 0 Å². The Balaban J connectivity index is 1.53. The summed E-state index contributed by atoms with van der Waals surface area (Å²) in [5, 5.41) is 3.28. The molecule has 3 aromatic rings. The van der Waals surface area contributed by atoms with Crippen molar-refractivity contribution < 1.29 is 22.8 Å². The minimum absolute atomic E-state index is 0.138. The highest BCUT2D eigenvalue weighted by Crippen LogP contribution is 2.37. The highest BCUT2D eigenvalue weighted by atomic mass is 35.5. The van der Waals surface area contributed by atoms with Crippen molar-refractivity contribution in [2.45, 2.75) is 62.6 Å². The van der Waals surface area contributed by atoms with Crippen molar-refractivity contribution in [3.8, 4) is 0 Å². The van der Waals surface area contributed by atoms with Crippen LogP contribution in [0.2, 0.25) is 5.02 Å². The number of hydrogen-bond donors (Lipinski definition) is 1. The fourth-order valence-electron chi connectivity index (χ4n) is 5.46. The van der Waals surface area contributed by atoms with Crippen molar-refractivity contribution in [1.29, 1.82) is 0 Å². The second-order valence-corrected chi connectivity index (χ2v) is 10.6.